The quantitative estimate of drug-likeness (QED) is 0.627. The molecule has 0 aromatic carbocycles. The Kier molecular flexibility index (Phi) is 9.30. The molecule has 4 nitrogen and oxygen atoms in total. The Labute approximate surface area is 121 Å². The molecule has 0 aromatic heterocycles. The zero-order valence-corrected chi connectivity index (χ0v) is 13.3. The Morgan fingerprint density at radius 2 is 2.16 bits per heavy atom. The number of methoxy groups -OCH3 is 1. The third kappa shape index (κ3) is 8.50. The predicted molar refractivity (Wildman–Crippen MR) is 83.1 cm³/mol. The maximum atomic E-state index is 5.42. The smallest absolute Gasteiger partial charge is 0.156 e. The predicted octanol–water partition coefficient (Wildman–Crippen LogP) is 2.54. The molecule has 0 bridgehead atoms. The summed E-state index contributed by atoms with van der Waals surface area (Å²) in [6.07, 6.45) is 3.47. The van der Waals surface area contributed by atoms with E-state index in [1.54, 1.807) is 7.11 Å². The Morgan fingerprint density at radius 3 is 2.89 bits per heavy atom. The van der Waals surface area contributed by atoms with Gasteiger partial charge in [0.1, 0.15) is 0 Å². The normalized spacial score (nSPS) is 18.9. The van der Waals surface area contributed by atoms with Crippen molar-refractivity contribution in [2.75, 3.05) is 40.0 Å². The lowest BCUT2D eigenvalue weighted by molar-refractivity contribution is 0.0689. The molecule has 1 atom stereocenters. The Bertz CT molecular complexity index is 260. The number of nitrogens with one attached hydrogen (secondary N) is 1. The van der Waals surface area contributed by atoms with Crippen LogP contribution in [0, 0.1) is 5.92 Å². The lowest BCUT2D eigenvalue weighted by Crippen LogP contribution is -2.21. The highest BCUT2D eigenvalue weighted by atomic mass is 32.2. The summed E-state index contributed by atoms with van der Waals surface area (Å²) in [5.41, 5.74) is 0. The Hall–Kier alpha value is -0.260. The highest BCUT2D eigenvalue weighted by Gasteiger charge is 2.19. The van der Waals surface area contributed by atoms with Gasteiger partial charge in [0.05, 0.1) is 19.8 Å². The number of aliphatic imine (C=N–C) groups is 1. The Balaban J connectivity index is 1.91. The lowest BCUT2D eigenvalue weighted by atomic mass is 10.1. The van der Waals surface area contributed by atoms with E-state index in [2.05, 4.69) is 24.2 Å². The molecule has 19 heavy (non-hydrogen) atoms. The third-order valence-electron chi connectivity index (χ3n) is 2.87. The summed E-state index contributed by atoms with van der Waals surface area (Å²) < 4.78 is 10.3. The molecule has 1 heterocycles. The first kappa shape index (κ1) is 16.8. The van der Waals surface area contributed by atoms with Gasteiger partial charge >= 0.3 is 0 Å². The van der Waals surface area contributed by atoms with Crippen LogP contribution in [0.2, 0.25) is 0 Å². The van der Waals surface area contributed by atoms with Gasteiger partial charge in [-0.2, -0.15) is 0 Å². The molecule has 0 saturated carbocycles. The van der Waals surface area contributed by atoms with E-state index in [0.29, 0.717) is 18.5 Å². The van der Waals surface area contributed by atoms with Crippen LogP contribution in [0.1, 0.15) is 33.1 Å². The summed E-state index contributed by atoms with van der Waals surface area (Å²) in [5, 5.41) is 5.23. The van der Waals surface area contributed by atoms with Crippen molar-refractivity contribution >= 4 is 16.9 Å². The second-order valence-electron chi connectivity index (χ2n) is 5.25. The first-order valence-electron chi connectivity index (χ1n) is 7.24. The van der Waals surface area contributed by atoms with Gasteiger partial charge < -0.3 is 14.8 Å². The van der Waals surface area contributed by atoms with Gasteiger partial charge in [-0.15, -0.1) is 0 Å². The molecule has 5 heteroatoms. The van der Waals surface area contributed by atoms with Crippen LogP contribution in [0.25, 0.3) is 0 Å². The number of thioether (sulfide) groups is 1. The lowest BCUT2D eigenvalue weighted by Gasteiger charge is -2.11. The van der Waals surface area contributed by atoms with Crippen molar-refractivity contribution in [3.8, 4) is 0 Å². The maximum absolute atomic E-state index is 5.42. The summed E-state index contributed by atoms with van der Waals surface area (Å²) in [4.78, 5) is 4.55. The van der Waals surface area contributed by atoms with Crippen molar-refractivity contribution in [1.29, 1.82) is 0 Å². The van der Waals surface area contributed by atoms with Crippen molar-refractivity contribution < 1.29 is 9.47 Å². The van der Waals surface area contributed by atoms with Crippen LogP contribution in [-0.2, 0) is 9.47 Å². The SMILES string of the molecule is COCCOCCCCNC1=NCC(CC(C)C)S1. The van der Waals surface area contributed by atoms with Crippen molar-refractivity contribution in [3.05, 3.63) is 0 Å². The van der Waals surface area contributed by atoms with Crippen LogP contribution in [0.4, 0.5) is 0 Å². The van der Waals surface area contributed by atoms with Crippen LogP contribution < -0.4 is 5.32 Å². The highest BCUT2D eigenvalue weighted by molar-refractivity contribution is 8.14. The second kappa shape index (κ2) is 10.5. The first-order chi connectivity index (χ1) is 9.22. The Morgan fingerprint density at radius 1 is 1.32 bits per heavy atom. The van der Waals surface area contributed by atoms with Gasteiger partial charge in [0.25, 0.3) is 0 Å². The molecule has 0 saturated heterocycles. The number of rotatable bonds is 10. The van der Waals surface area contributed by atoms with Crippen LogP contribution >= 0.6 is 11.8 Å². The molecule has 0 spiro atoms. The molecule has 0 fully saturated rings. The molecule has 1 rings (SSSR count). The number of hydrogen-bond acceptors (Lipinski definition) is 5. The molecule has 1 unspecified atom stereocenters. The fraction of sp³-hybridized carbons (Fsp3) is 0.929. The number of unbranched alkanes of at least 4 members (excludes halogenated alkanes) is 1. The molecule has 0 radical (unpaired) electrons. The minimum absolute atomic E-state index is 0.680. The second-order valence-corrected chi connectivity index (χ2v) is 6.54. The minimum atomic E-state index is 0.680. The van der Waals surface area contributed by atoms with E-state index in [1.807, 2.05) is 11.8 Å². The molecular formula is C14H28N2O2S. The molecule has 0 amide bonds. The zero-order valence-electron chi connectivity index (χ0n) is 12.5. The molecule has 0 aliphatic carbocycles. The van der Waals surface area contributed by atoms with Gasteiger partial charge in [0.2, 0.25) is 0 Å². The van der Waals surface area contributed by atoms with Gasteiger partial charge in [0.15, 0.2) is 5.17 Å². The topological polar surface area (TPSA) is 42.9 Å². The number of hydrogen-bond donors (Lipinski definition) is 1. The van der Waals surface area contributed by atoms with Crippen LogP contribution in [0.5, 0.6) is 0 Å². The summed E-state index contributed by atoms with van der Waals surface area (Å²) in [6, 6.07) is 0. The van der Waals surface area contributed by atoms with Crippen molar-refractivity contribution in [3.63, 3.8) is 0 Å². The van der Waals surface area contributed by atoms with Gasteiger partial charge in [0, 0.05) is 25.5 Å². The van der Waals surface area contributed by atoms with E-state index in [9.17, 15) is 0 Å². The summed E-state index contributed by atoms with van der Waals surface area (Å²) in [6.45, 7) is 8.72. The number of amidine groups is 1. The van der Waals surface area contributed by atoms with Crippen LogP contribution in [-0.4, -0.2) is 50.4 Å². The first-order valence-corrected chi connectivity index (χ1v) is 8.12. The highest BCUT2D eigenvalue weighted by Crippen LogP contribution is 2.25. The van der Waals surface area contributed by atoms with Gasteiger partial charge in [-0.25, -0.2) is 0 Å². The summed E-state index contributed by atoms with van der Waals surface area (Å²) >= 11 is 1.90. The monoisotopic (exact) mass is 288 g/mol. The molecule has 0 aromatic rings. The summed E-state index contributed by atoms with van der Waals surface area (Å²) in [7, 11) is 1.69. The van der Waals surface area contributed by atoms with Crippen LogP contribution in [0.3, 0.4) is 0 Å². The summed E-state index contributed by atoms with van der Waals surface area (Å²) in [5.74, 6) is 0.760. The minimum Gasteiger partial charge on any atom is -0.382 e. The fourth-order valence-corrected chi connectivity index (χ4v) is 3.21. The van der Waals surface area contributed by atoms with E-state index < -0.39 is 0 Å². The number of nitrogens with zero attached hydrogens (tertiary/aromatic N) is 1. The largest absolute Gasteiger partial charge is 0.382 e. The van der Waals surface area contributed by atoms with E-state index in [1.165, 1.54) is 6.42 Å². The maximum Gasteiger partial charge on any atom is 0.156 e. The van der Waals surface area contributed by atoms with Gasteiger partial charge in [-0.1, -0.05) is 25.6 Å². The molecule has 112 valence electrons. The molecular weight excluding hydrogens is 260 g/mol. The molecule has 1 N–H and O–H groups in total. The molecule has 1 aliphatic rings. The van der Waals surface area contributed by atoms with Crippen LogP contribution in [0.15, 0.2) is 4.99 Å². The van der Waals surface area contributed by atoms with E-state index in [-0.39, 0.29) is 0 Å². The molecule has 1 aliphatic heterocycles. The van der Waals surface area contributed by atoms with E-state index in [4.69, 9.17) is 9.47 Å². The van der Waals surface area contributed by atoms with Gasteiger partial charge in [-0.3, -0.25) is 4.99 Å². The average Bonchev–Trinajstić information content (AvgIpc) is 2.79. The van der Waals surface area contributed by atoms with Crippen molar-refractivity contribution in [2.45, 2.75) is 38.4 Å². The zero-order chi connectivity index (χ0) is 13.9. The van der Waals surface area contributed by atoms with Gasteiger partial charge in [-0.05, 0) is 25.2 Å². The van der Waals surface area contributed by atoms with Crippen molar-refractivity contribution in [2.24, 2.45) is 10.9 Å². The fourth-order valence-electron chi connectivity index (χ4n) is 1.93. The van der Waals surface area contributed by atoms with Crippen molar-refractivity contribution in [1.82, 2.24) is 5.32 Å². The third-order valence-corrected chi connectivity index (χ3v) is 4.05. The average molecular weight is 288 g/mol. The number of ether oxygens (including phenoxy) is 2. The standard InChI is InChI=1S/C14H28N2O2S/c1-12(2)10-13-11-16-14(19-13)15-6-4-5-7-18-9-8-17-3/h12-13H,4-11H2,1-3H3,(H,15,16). The van der Waals surface area contributed by atoms with E-state index in [0.717, 1.165) is 43.6 Å². The van der Waals surface area contributed by atoms with E-state index >= 15 is 0 Å².